The van der Waals surface area contributed by atoms with E-state index in [1.165, 1.54) is 23.7 Å². The quantitative estimate of drug-likeness (QED) is 0.923. The smallest absolute Gasteiger partial charge is 0.226 e. The Labute approximate surface area is 149 Å². The number of hydrogen-bond donors (Lipinski definition) is 1. The summed E-state index contributed by atoms with van der Waals surface area (Å²) in [5.41, 5.74) is 1.58. The molecule has 1 aromatic carbocycles. The van der Waals surface area contributed by atoms with Crippen molar-refractivity contribution < 1.29 is 4.79 Å². The average Bonchev–Trinajstić information content (AvgIpc) is 3.11. The van der Waals surface area contributed by atoms with Crippen LogP contribution in [0.15, 0.2) is 36.5 Å². The molecule has 1 aliphatic heterocycles. The third-order valence-corrected chi connectivity index (χ3v) is 5.82. The molecule has 1 atom stereocenters. The van der Waals surface area contributed by atoms with Crippen molar-refractivity contribution in [3.8, 4) is 0 Å². The summed E-state index contributed by atoms with van der Waals surface area (Å²) >= 11 is 0. The van der Waals surface area contributed by atoms with Gasteiger partial charge in [0, 0.05) is 37.8 Å². The molecule has 1 aliphatic carbocycles. The van der Waals surface area contributed by atoms with Crippen LogP contribution < -0.4 is 5.32 Å². The molecule has 0 radical (unpaired) electrons. The molecular weight excluding hydrogens is 322 g/mol. The van der Waals surface area contributed by atoms with Gasteiger partial charge in [0.25, 0.3) is 0 Å². The third-order valence-electron chi connectivity index (χ3n) is 5.82. The fraction of sp³-hybridized carbons (Fsp3) is 0.526. The van der Waals surface area contributed by atoms with Gasteiger partial charge in [0.05, 0.1) is 0 Å². The molecule has 24 heavy (non-hydrogen) atoms. The number of carbonyl (C=O) groups is 1. The number of benzene rings is 1. The van der Waals surface area contributed by atoms with E-state index in [1.54, 1.807) is 0 Å². The Morgan fingerprint density at radius 1 is 1.29 bits per heavy atom. The number of para-hydroxylation sites is 1. The van der Waals surface area contributed by atoms with Crippen LogP contribution in [0.1, 0.15) is 19.3 Å². The minimum atomic E-state index is 0. The molecule has 1 N–H and O–H groups in total. The van der Waals surface area contributed by atoms with E-state index < -0.39 is 0 Å². The number of piperidine rings is 1. The SMILES string of the molecule is CN(CCn1ccc2ccccc21)C(=O)C1CC12CCNCC2.Cl. The Morgan fingerprint density at radius 2 is 2.04 bits per heavy atom. The van der Waals surface area contributed by atoms with Crippen LogP contribution in [0.3, 0.4) is 0 Å². The van der Waals surface area contributed by atoms with Crippen LogP contribution in [-0.2, 0) is 11.3 Å². The summed E-state index contributed by atoms with van der Waals surface area (Å²) in [5.74, 6) is 0.624. The molecule has 2 aliphatic rings. The molecule has 2 aromatic rings. The summed E-state index contributed by atoms with van der Waals surface area (Å²) < 4.78 is 2.24. The summed E-state index contributed by atoms with van der Waals surface area (Å²) in [6, 6.07) is 10.5. The summed E-state index contributed by atoms with van der Waals surface area (Å²) in [7, 11) is 1.96. The van der Waals surface area contributed by atoms with Gasteiger partial charge in [-0.1, -0.05) is 18.2 Å². The lowest BCUT2D eigenvalue weighted by Gasteiger charge is -2.25. The fourth-order valence-corrected chi connectivity index (χ4v) is 4.14. The molecule has 1 spiro atoms. The van der Waals surface area contributed by atoms with Crippen molar-refractivity contribution in [2.75, 3.05) is 26.7 Å². The molecule has 2 heterocycles. The number of amides is 1. The highest BCUT2D eigenvalue weighted by Gasteiger charge is 2.58. The maximum Gasteiger partial charge on any atom is 0.226 e. The molecule has 4 rings (SSSR count). The maximum atomic E-state index is 12.7. The summed E-state index contributed by atoms with van der Waals surface area (Å²) in [6.07, 6.45) is 5.55. The van der Waals surface area contributed by atoms with Crippen LogP contribution in [0, 0.1) is 11.3 Å². The van der Waals surface area contributed by atoms with Crippen molar-refractivity contribution in [3.63, 3.8) is 0 Å². The highest BCUT2D eigenvalue weighted by Crippen LogP contribution is 2.59. The van der Waals surface area contributed by atoms with Gasteiger partial charge in [-0.2, -0.15) is 0 Å². The zero-order valence-electron chi connectivity index (χ0n) is 14.2. The minimum Gasteiger partial charge on any atom is -0.346 e. The second-order valence-corrected chi connectivity index (χ2v) is 7.20. The van der Waals surface area contributed by atoms with E-state index in [-0.39, 0.29) is 18.3 Å². The van der Waals surface area contributed by atoms with Gasteiger partial charge in [0.2, 0.25) is 5.91 Å². The predicted octanol–water partition coefficient (Wildman–Crippen LogP) is 2.91. The summed E-state index contributed by atoms with van der Waals surface area (Å²) in [6.45, 7) is 3.78. The maximum absolute atomic E-state index is 12.7. The molecule has 2 fully saturated rings. The molecule has 1 saturated carbocycles. The van der Waals surface area contributed by atoms with Gasteiger partial charge in [0.15, 0.2) is 0 Å². The number of halogens is 1. The lowest BCUT2D eigenvalue weighted by atomic mass is 9.91. The number of aromatic nitrogens is 1. The Kier molecular flexibility index (Phi) is 4.88. The Morgan fingerprint density at radius 3 is 2.83 bits per heavy atom. The Hall–Kier alpha value is -1.52. The number of carbonyl (C=O) groups excluding carboxylic acids is 1. The standard InChI is InChI=1S/C19H25N3O.ClH/c1-21(18(23)16-14-19(16)7-9-20-10-8-19)12-13-22-11-6-15-4-2-3-5-17(15)22;/h2-6,11,16,20H,7-10,12-14H2,1H3;1H. The van der Waals surface area contributed by atoms with Crippen molar-refractivity contribution in [1.82, 2.24) is 14.8 Å². The number of likely N-dealkylation sites (N-methyl/N-ethyl adjacent to an activating group) is 1. The van der Waals surface area contributed by atoms with Crippen LogP contribution in [0.25, 0.3) is 10.9 Å². The number of nitrogens with zero attached hydrogens (tertiary/aromatic N) is 2. The molecule has 1 saturated heterocycles. The van der Waals surface area contributed by atoms with E-state index >= 15 is 0 Å². The lowest BCUT2D eigenvalue weighted by molar-refractivity contribution is -0.132. The third kappa shape index (κ3) is 3.05. The van der Waals surface area contributed by atoms with Gasteiger partial charge in [-0.05, 0) is 55.3 Å². The molecule has 1 unspecified atom stereocenters. The van der Waals surface area contributed by atoms with Crippen LogP contribution in [0.4, 0.5) is 0 Å². The normalized spacial score (nSPS) is 21.5. The fourth-order valence-electron chi connectivity index (χ4n) is 4.14. The average molecular weight is 348 g/mol. The van der Waals surface area contributed by atoms with Crippen molar-refractivity contribution in [1.29, 1.82) is 0 Å². The summed E-state index contributed by atoms with van der Waals surface area (Å²) in [4.78, 5) is 14.6. The van der Waals surface area contributed by atoms with Crippen LogP contribution in [0.2, 0.25) is 0 Å². The highest BCUT2D eigenvalue weighted by atomic mass is 35.5. The highest BCUT2D eigenvalue weighted by molar-refractivity contribution is 5.85. The van der Waals surface area contributed by atoms with Gasteiger partial charge in [-0.25, -0.2) is 0 Å². The van der Waals surface area contributed by atoms with Gasteiger partial charge in [-0.3, -0.25) is 4.79 Å². The monoisotopic (exact) mass is 347 g/mol. The van der Waals surface area contributed by atoms with E-state index in [2.05, 4.69) is 46.4 Å². The molecule has 1 aromatic heterocycles. The molecule has 0 bridgehead atoms. The van der Waals surface area contributed by atoms with Crippen molar-refractivity contribution in [2.24, 2.45) is 11.3 Å². The Balaban J connectivity index is 0.00000169. The van der Waals surface area contributed by atoms with Crippen LogP contribution in [-0.4, -0.2) is 42.1 Å². The van der Waals surface area contributed by atoms with Crippen molar-refractivity contribution in [3.05, 3.63) is 36.5 Å². The first-order valence-corrected chi connectivity index (χ1v) is 8.69. The van der Waals surface area contributed by atoms with Gasteiger partial charge < -0.3 is 14.8 Å². The molecule has 4 nitrogen and oxygen atoms in total. The predicted molar refractivity (Wildman–Crippen MR) is 99.5 cm³/mol. The lowest BCUT2D eigenvalue weighted by Crippen LogP contribution is -2.35. The van der Waals surface area contributed by atoms with Gasteiger partial charge in [0.1, 0.15) is 0 Å². The van der Waals surface area contributed by atoms with Gasteiger partial charge >= 0.3 is 0 Å². The second-order valence-electron chi connectivity index (χ2n) is 7.20. The number of rotatable bonds is 4. The first kappa shape index (κ1) is 17.3. The summed E-state index contributed by atoms with van der Waals surface area (Å²) in [5, 5.41) is 4.66. The van der Waals surface area contributed by atoms with Crippen LogP contribution in [0.5, 0.6) is 0 Å². The first-order valence-electron chi connectivity index (χ1n) is 8.69. The van der Waals surface area contributed by atoms with Crippen molar-refractivity contribution >= 4 is 29.2 Å². The largest absolute Gasteiger partial charge is 0.346 e. The van der Waals surface area contributed by atoms with E-state index in [0.29, 0.717) is 11.3 Å². The molecule has 5 heteroatoms. The molecule has 1 amide bonds. The van der Waals surface area contributed by atoms with Crippen molar-refractivity contribution in [2.45, 2.75) is 25.8 Å². The van der Waals surface area contributed by atoms with Gasteiger partial charge in [-0.15, -0.1) is 12.4 Å². The number of fused-ring (bicyclic) bond motifs is 1. The van der Waals surface area contributed by atoms with E-state index in [0.717, 1.165) is 32.6 Å². The van der Waals surface area contributed by atoms with E-state index in [9.17, 15) is 4.79 Å². The minimum absolute atomic E-state index is 0. The zero-order chi connectivity index (χ0) is 15.9. The number of hydrogen-bond acceptors (Lipinski definition) is 2. The number of nitrogens with one attached hydrogen (secondary N) is 1. The van der Waals surface area contributed by atoms with E-state index in [1.807, 2.05) is 11.9 Å². The van der Waals surface area contributed by atoms with E-state index in [4.69, 9.17) is 0 Å². The molecule has 130 valence electrons. The zero-order valence-corrected chi connectivity index (χ0v) is 15.0. The Bertz CT molecular complexity index is 720. The van der Waals surface area contributed by atoms with Crippen LogP contribution >= 0.6 is 12.4 Å². The second kappa shape index (κ2) is 6.77. The molecular formula is C19H26ClN3O. The topological polar surface area (TPSA) is 37.3 Å². The first-order chi connectivity index (χ1) is 11.2.